The van der Waals surface area contributed by atoms with Gasteiger partial charge in [0.15, 0.2) is 17.6 Å². The topological polar surface area (TPSA) is 85.2 Å². The zero-order valence-corrected chi connectivity index (χ0v) is 12.1. The Labute approximate surface area is 127 Å². The van der Waals surface area contributed by atoms with Crippen LogP contribution in [0.5, 0.6) is 11.5 Å². The molecule has 0 fully saturated rings. The number of hydrogen-bond acceptors (Lipinski definition) is 5. The second-order valence-electron chi connectivity index (χ2n) is 4.55. The number of aliphatic hydroxyl groups is 1. The van der Waals surface area contributed by atoms with Crippen molar-refractivity contribution < 1.29 is 29.2 Å². The summed E-state index contributed by atoms with van der Waals surface area (Å²) in [6, 6.07) is 3.08. The quantitative estimate of drug-likeness (QED) is 0.781. The van der Waals surface area contributed by atoms with Gasteiger partial charge >= 0.3 is 5.97 Å². The normalized spacial score (nSPS) is 15.3. The zero-order chi connectivity index (χ0) is 15.2. The number of rotatable bonds is 6. The van der Waals surface area contributed by atoms with Gasteiger partial charge in [-0.15, -0.1) is 0 Å². The van der Waals surface area contributed by atoms with Gasteiger partial charge in [-0.3, -0.25) is 0 Å². The maximum atomic E-state index is 11.3. The minimum absolute atomic E-state index is 0.0613. The molecule has 116 valence electrons. The molecule has 1 aromatic rings. The lowest BCUT2D eigenvalue weighted by molar-refractivity contribution is -0.151. The molecule has 6 nitrogen and oxygen atoms in total. The van der Waals surface area contributed by atoms with Crippen molar-refractivity contribution in [2.75, 3.05) is 26.4 Å². The first-order valence-corrected chi connectivity index (χ1v) is 7.05. The number of carboxylic acid groups (broad SMARTS) is 1. The molecule has 21 heavy (non-hydrogen) atoms. The maximum Gasteiger partial charge on any atom is 0.337 e. The third-order valence-corrected chi connectivity index (χ3v) is 3.22. The lowest BCUT2D eigenvalue weighted by atomic mass is 10.1. The number of carboxylic acids is 1. The second-order valence-corrected chi connectivity index (χ2v) is 4.95. The molecule has 2 rings (SSSR count). The van der Waals surface area contributed by atoms with Crippen LogP contribution in [0.1, 0.15) is 24.5 Å². The molecule has 1 atom stereocenters. The van der Waals surface area contributed by atoms with Gasteiger partial charge in [0.25, 0.3) is 0 Å². The van der Waals surface area contributed by atoms with Crippen LogP contribution in [-0.4, -0.2) is 42.6 Å². The first-order valence-electron chi connectivity index (χ1n) is 6.67. The molecular weight excluding hydrogens is 300 g/mol. The predicted octanol–water partition coefficient (Wildman–Crippen LogP) is 2.03. The van der Waals surface area contributed by atoms with Crippen LogP contribution in [0.15, 0.2) is 12.1 Å². The van der Waals surface area contributed by atoms with E-state index in [1.165, 1.54) is 6.07 Å². The van der Waals surface area contributed by atoms with Crippen molar-refractivity contribution in [2.45, 2.75) is 18.9 Å². The van der Waals surface area contributed by atoms with E-state index in [0.717, 1.165) is 6.42 Å². The Kier molecular flexibility index (Phi) is 5.67. The number of fused-ring (bicyclic) bond motifs is 1. The fraction of sp³-hybridized carbons (Fsp3) is 0.500. The molecule has 1 aliphatic heterocycles. The third-order valence-electron chi connectivity index (χ3n) is 2.94. The van der Waals surface area contributed by atoms with E-state index in [2.05, 4.69) is 0 Å². The molecule has 1 heterocycles. The average Bonchev–Trinajstić information content (AvgIpc) is 2.68. The van der Waals surface area contributed by atoms with E-state index in [4.69, 9.17) is 30.9 Å². The number of hydrogen-bond donors (Lipinski definition) is 2. The van der Waals surface area contributed by atoms with Gasteiger partial charge < -0.3 is 24.4 Å². The molecule has 0 bridgehead atoms. The molecule has 0 radical (unpaired) electrons. The van der Waals surface area contributed by atoms with Crippen molar-refractivity contribution in [1.29, 1.82) is 0 Å². The Hall–Kier alpha value is -1.50. The molecule has 1 unspecified atom stereocenters. The monoisotopic (exact) mass is 316 g/mol. The highest BCUT2D eigenvalue weighted by atomic mass is 35.5. The van der Waals surface area contributed by atoms with Crippen LogP contribution in [0.2, 0.25) is 5.02 Å². The lowest BCUT2D eigenvalue weighted by Gasteiger charge is -2.17. The van der Waals surface area contributed by atoms with E-state index >= 15 is 0 Å². The smallest absolute Gasteiger partial charge is 0.337 e. The lowest BCUT2D eigenvalue weighted by Crippen LogP contribution is -2.16. The summed E-state index contributed by atoms with van der Waals surface area (Å²) in [6.07, 6.45) is -0.0659. The van der Waals surface area contributed by atoms with Gasteiger partial charge in [0.1, 0.15) is 0 Å². The molecule has 0 spiro atoms. The zero-order valence-electron chi connectivity index (χ0n) is 11.4. The number of ether oxygens (including phenoxy) is 3. The van der Waals surface area contributed by atoms with Crippen LogP contribution in [-0.2, 0) is 9.53 Å². The molecule has 1 aromatic carbocycles. The van der Waals surface area contributed by atoms with Crippen molar-refractivity contribution in [2.24, 2.45) is 0 Å². The summed E-state index contributed by atoms with van der Waals surface area (Å²) in [7, 11) is 0. The Bertz CT molecular complexity index is 504. The van der Waals surface area contributed by atoms with Crippen LogP contribution in [0.4, 0.5) is 0 Å². The molecule has 0 amide bonds. The average molecular weight is 317 g/mol. The van der Waals surface area contributed by atoms with E-state index in [-0.39, 0.29) is 13.2 Å². The summed E-state index contributed by atoms with van der Waals surface area (Å²) >= 11 is 6.14. The number of benzene rings is 1. The third kappa shape index (κ3) is 4.00. The van der Waals surface area contributed by atoms with Gasteiger partial charge in [0, 0.05) is 13.0 Å². The fourth-order valence-electron chi connectivity index (χ4n) is 1.98. The van der Waals surface area contributed by atoms with Crippen molar-refractivity contribution in [3.05, 3.63) is 22.7 Å². The predicted molar refractivity (Wildman–Crippen MR) is 75.1 cm³/mol. The molecule has 2 N–H and O–H groups in total. The highest BCUT2D eigenvalue weighted by Gasteiger charge is 2.25. The second kappa shape index (κ2) is 7.49. The van der Waals surface area contributed by atoms with Crippen molar-refractivity contribution in [3.8, 4) is 11.5 Å². The van der Waals surface area contributed by atoms with E-state index in [1.807, 2.05) is 0 Å². The molecular formula is C14H17ClO6. The van der Waals surface area contributed by atoms with Gasteiger partial charge in [0.2, 0.25) is 0 Å². The summed E-state index contributed by atoms with van der Waals surface area (Å²) in [6.45, 7) is 1.06. The summed E-state index contributed by atoms with van der Waals surface area (Å²) < 4.78 is 16.3. The number of halogens is 1. The Morgan fingerprint density at radius 3 is 2.86 bits per heavy atom. The van der Waals surface area contributed by atoms with Crippen molar-refractivity contribution in [1.82, 2.24) is 0 Å². The van der Waals surface area contributed by atoms with E-state index in [9.17, 15) is 9.90 Å². The Morgan fingerprint density at radius 1 is 1.38 bits per heavy atom. The first kappa shape index (κ1) is 15.9. The Balaban J connectivity index is 2.26. The van der Waals surface area contributed by atoms with Crippen LogP contribution in [0, 0.1) is 0 Å². The van der Waals surface area contributed by atoms with Crippen LogP contribution < -0.4 is 9.47 Å². The summed E-state index contributed by atoms with van der Waals surface area (Å²) in [5.41, 5.74) is 0.384. The number of aliphatic carboxylic acids is 1. The number of carbonyl (C=O) groups is 1. The molecule has 1 aliphatic rings. The maximum absolute atomic E-state index is 11.3. The standard InChI is InChI=1S/C14H17ClO6/c15-10-7-9(12(14(17)18)20-4-1-3-16)8-11-13(10)21-6-2-5-19-11/h7-8,12,16H,1-6H2,(H,17,18). The largest absolute Gasteiger partial charge is 0.489 e. The van der Waals surface area contributed by atoms with Gasteiger partial charge in [-0.05, 0) is 24.1 Å². The molecule has 0 saturated carbocycles. The molecule has 0 aromatic heterocycles. The minimum Gasteiger partial charge on any atom is -0.489 e. The van der Waals surface area contributed by atoms with E-state index in [0.29, 0.717) is 41.7 Å². The van der Waals surface area contributed by atoms with Gasteiger partial charge in [-0.1, -0.05) is 11.6 Å². The summed E-state index contributed by atoms with van der Waals surface area (Å²) in [4.78, 5) is 11.3. The molecule has 0 aliphatic carbocycles. The number of aliphatic hydroxyl groups excluding tert-OH is 1. The SMILES string of the molecule is O=C(O)C(OCCCO)c1cc(Cl)c2c(c1)OCCCO2. The van der Waals surface area contributed by atoms with Crippen molar-refractivity contribution in [3.63, 3.8) is 0 Å². The molecule has 7 heteroatoms. The van der Waals surface area contributed by atoms with Crippen molar-refractivity contribution >= 4 is 17.6 Å². The first-order chi connectivity index (χ1) is 10.1. The van der Waals surface area contributed by atoms with Crippen LogP contribution >= 0.6 is 11.6 Å². The van der Waals surface area contributed by atoms with Gasteiger partial charge in [0.05, 0.1) is 24.8 Å². The van der Waals surface area contributed by atoms with E-state index < -0.39 is 12.1 Å². The van der Waals surface area contributed by atoms with Crippen LogP contribution in [0.3, 0.4) is 0 Å². The summed E-state index contributed by atoms with van der Waals surface area (Å²) in [5, 5.41) is 18.3. The van der Waals surface area contributed by atoms with Crippen LogP contribution in [0.25, 0.3) is 0 Å². The highest BCUT2D eigenvalue weighted by Crippen LogP contribution is 2.40. The van der Waals surface area contributed by atoms with Gasteiger partial charge in [-0.2, -0.15) is 0 Å². The minimum atomic E-state index is -1.16. The van der Waals surface area contributed by atoms with Gasteiger partial charge in [-0.25, -0.2) is 4.79 Å². The fourth-order valence-corrected chi connectivity index (χ4v) is 2.25. The highest BCUT2D eigenvalue weighted by molar-refractivity contribution is 6.32. The van der Waals surface area contributed by atoms with E-state index in [1.54, 1.807) is 6.07 Å². The molecule has 0 saturated heterocycles. The summed E-state index contributed by atoms with van der Waals surface area (Å²) in [5.74, 6) is -0.275. The Morgan fingerprint density at radius 2 is 2.14 bits per heavy atom.